The van der Waals surface area contributed by atoms with Gasteiger partial charge in [0, 0.05) is 42.7 Å². The van der Waals surface area contributed by atoms with Gasteiger partial charge in [-0.25, -0.2) is 0 Å². The molecule has 3 saturated heterocycles. The largest absolute Gasteiger partial charge is 0.329 e. The van der Waals surface area contributed by atoms with Crippen molar-refractivity contribution in [2.45, 2.75) is 62.7 Å². The molecular formula is C19H31ClN4O2S. The van der Waals surface area contributed by atoms with Crippen LogP contribution in [0.15, 0.2) is 0 Å². The van der Waals surface area contributed by atoms with Crippen molar-refractivity contribution in [3.05, 3.63) is 0 Å². The number of likely N-dealkylation sites (tertiary alicyclic amines) is 1. The van der Waals surface area contributed by atoms with E-state index in [4.69, 9.17) is 11.6 Å². The molecule has 8 heteroatoms. The normalized spacial score (nSPS) is 34.6. The molecule has 4 aliphatic rings. The number of hydrogen-bond donors (Lipinski definition) is 1. The number of carbonyl (C=O) groups excluding carboxylic acids is 2. The average Bonchev–Trinajstić information content (AvgIpc) is 3.12. The summed E-state index contributed by atoms with van der Waals surface area (Å²) >= 11 is 8.15. The first kappa shape index (κ1) is 19.8. The summed E-state index contributed by atoms with van der Waals surface area (Å²) < 4.78 is 0. The highest BCUT2D eigenvalue weighted by Crippen LogP contribution is 2.38. The maximum absolute atomic E-state index is 13.4. The van der Waals surface area contributed by atoms with Crippen molar-refractivity contribution in [1.82, 2.24) is 20.0 Å². The molecule has 1 unspecified atom stereocenters. The van der Waals surface area contributed by atoms with Gasteiger partial charge in [-0.3, -0.25) is 19.8 Å². The summed E-state index contributed by atoms with van der Waals surface area (Å²) in [6.07, 6.45) is 4.47. The molecule has 4 fully saturated rings. The molecule has 1 aliphatic carbocycles. The van der Waals surface area contributed by atoms with Gasteiger partial charge >= 0.3 is 0 Å². The average molecular weight is 415 g/mol. The summed E-state index contributed by atoms with van der Waals surface area (Å²) in [4.78, 5) is 32.6. The zero-order valence-corrected chi connectivity index (χ0v) is 17.9. The van der Waals surface area contributed by atoms with Crippen molar-refractivity contribution in [3.8, 4) is 0 Å². The molecule has 27 heavy (non-hydrogen) atoms. The maximum Gasteiger partial charge on any atom is 0.251 e. The van der Waals surface area contributed by atoms with E-state index in [0.717, 1.165) is 37.3 Å². The van der Waals surface area contributed by atoms with Crippen LogP contribution in [0.3, 0.4) is 0 Å². The first-order valence-electron chi connectivity index (χ1n) is 10.2. The fraction of sp³-hybridized carbons (Fsp3) is 0.895. The molecule has 2 amide bonds. The Hall–Kier alpha value is -0.500. The number of thioether (sulfide) groups is 1. The van der Waals surface area contributed by atoms with Crippen molar-refractivity contribution in [3.63, 3.8) is 0 Å². The Balaban J connectivity index is 1.52. The van der Waals surface area contributed by atoms with Crippen molar-refractivity contribution < 1.29 is 9.59 Å². The van der Waals surface area contributed by atoms with Gasteiger partial charge in [0.15, 0.2) is 0 Å². The number of amides is 2. The van der Waals surface area contributed by atoms with Crippen LogP contribution in [0.1, 0.15) is 39.5 Å². The molecule has 0 aromatic heterocycles. The Morgan fingerprint density at radius 3 is 2.52 bits per heavy atom. The molecule has 0 aromatic carbocycles. The Labute approximate surface area is 171 Å². The number of alkyl halides is 1. The third-order valence-electron chi connectivity index (χ3n) is 6.69. The van der Waals surface area contributed by atoms with E-state index in [9.17, 15) is 9.59 Å². The molecule has 1 atom stereocenters. The highest BCUT2D eigenvalue weighted by atomic mass is 35.5. The lowest BCUT2D eigenvalue weighted by atomic mass is 9.80. The minimum Gasteiger partial charge on any atom is -0.329 e. The number of piperazine rings is 1. The number of halogens is 1. The number of rotatable bonds is 4. The molecule has 6 nitrogen and oxygen atoms in total. The molecule has 1 saturated carbocycles. The van der Waals surface area contributed by atoms with Crippen molar-refractivity contribution in [2.24, 2.45) is 5.92 Å². The second-order valence-electron chi connectivity index (χ2n) is 8.82. The molecular weight excluding hydrogens is 384 g/mol. The lowest BCUT2D eigenvalue weighted by Crippen LogP contribution is -2.83. The lowest BCUT2D eigenvalue weighted by Gasteiger charge is -2.60. The summed E-state index contributed by atoms with van der Waals surface area (Å²) in [7, 11) is 0. The van der Waals surface area contributed by atoms with Gasteiger partial charge < -0.3 is 9.80 Å². The summed E-state index contributed by atoms with van der Waals surface area (Å²) in [5.41, 5.74) is -0.660. The van der Waals surface area contributed by atoms with Crippen LogP contribution < -0.4 is 5.32 Å². The van der Waals surface area contributed by atoms with Crippen molar-refractivity contribution in [1.29, 1.82) is 0 Å². The van der Waals surface area contributed by atoms with Crippen LogP contribution >= 0.6 is 23.4 Å². The third-order valence-corrected chi connectivity index (χ3v) is 8.05. The van der Waals surface area contributed by atoms with Gasteiger partial charge in [-0.05, 0) is 45.4 Å². The van der Waals surface area contributed by atoms with Crippen LogP contribution in [0.25, 0.3) is 0 Å². The zero-order valence-electron chi connectivity index (χ0n) is 16.3. The van der Waals surface area contributed by atoms with Crippen LogP contribution in [-0.2, 0) is 9.59 Å². The lowest BCUT2D eigenvalue weighted by molar-refractivity contribution is -0.184. The Bertz CT molecular complexity index is 584. The van der Waals surface area contributed by atoms with Crippen LogP contribution in [0.5, 0.6) is 0 Å². The summed E-state index contributed by atoms with van der Waals surface area (Å²) in [6.45, 7) is 6.25. The van der Waals surface area contributed by atoms with Gasteiger partial charge in [-0.15, -0.1) is 23.4 Å². The van der Waals surface area contributed by atoms with Crippen LogP contribution in [0, 0.1) is 5.92 Å². The number of nitrogens with one attached hydrogen (secondary N) is 1. The predicted octanol–water partition coefficient (Wildman–Crippen LogP) is 1.54. The fourth-order valence-electron chi connectivity index (χ4n) is 4.95. The maximum atomic E-state index is 13.4. The SMILES string of the molecule is CC(C)N1CC(=O)N(CC2CCC(Cl)CC2)C2(CN(C3CSCN3)C2)C1=O. The van der Waals surface area contributed by atoms with E-state index in [2.05, 4.69) is 10.2 Å². The molecule has 0 radical (unpaired) electrons. The molecule has 0 bridgehead atoms. The van der Waals surface area contributed by atoms with Gasteiger partial charge in [-0.2, -0.15) is 0 Å². The molecule has 3 heterocycles. The molecule has 1 spiro atoms. The smallest absolute Gasteiger partial charge is 0.251 e. The van der Waals surface area contributed by atoms with Gasteiger partial charge in [-0.1, -0.05) is 0 Å². The molecule has 0 aromatic rings. The molecule has 1 N–H and O–H groups in total. The summed E-state index contributed by atoms with van der Waals surface area (Å²) in [5.74, 6) is 2.74. The quantitative estimate of drug-likeness (QED) is 0.707. The van der Waals surface area contributed by atoms with Gasteiger partial charge in [0.25, 0.3) is 5.91 Å². The van der Waals surface area contributed by atoms with Crippen molar-refractivity contribution >= 4 is 35.2 Å². The second-order valence-corrected chi connectivity index (χ2v) is 10.5. The van der Waals surface area contributed by atoms with E-state index in [1.807, 2.05) is 30.5 Å². The van der Waals surface area contributed by atoms with E-state index in [0.29, 0.717) is 31.7 Å². The Morgan fingerprint density at radius 2 is 1.93 bits per heavy atom. The molecule has 152 valence electrons. The molecule has 4 rings (SSSR count). The predicted molar refractivity (Wildman–Crippen MR) is 109 cm³/mol. The topological polar surface area (TPSA) is 55.9 Å². The minimum absolute atomic E-state index is 0.0568. The van der Waals surface area contributed by atoms with E-state index >= 15 is 0 Å². The van der Waals surface area contributed by atoms with Crippen LogP contribution in [0.2, 0.25) is 0 Å². The number of hydrogen-bond acceptors (Lipinski definition) is 5. The van der Waals surface area contributed by atoms with Gasteiger partial charge in [0.2, 0.25) is 5.91 Å². The first-order valence-corrected chi connectivity index (χ1v) is 11.8. The van der Waals surface area contributed by atoms with E-state index < -0.39 is 5.54 Å². The van der Waals surface area contributed by atoms with Gasteiger partial charge in [0.1, 0.15) is 12.1 Å². The minimum atomic E-state index is -0.660. The van der Waals surface area contributed by atoms with E-state index in [1.54, 1.807) is 4.90 Å². The van der Waals surface area contributed by atoms with E-state index in [1.165, 1.54) is 0 Å². The second kappa shape index (κ2) is 7.73. The van der Waals surface area contributed by atoms with Crippen LogP contribution in [-0.4, -0.2) is 87.4 Å². The van der Waals surface area contributed by atoms with E-state index in [-0.39, 0.29) is 29.8 Å². The summed E-state index contributed by atoms with van der Waals surface area (Å²) in [5, 5.41) is 3.76. The third kappa shape index (κ3) is 3.61. The zero-order chi connectivity index (χ0) is 19.2. The molecule has 3 aliphatic heterocycles. The first-order chi connectivity index (χ1) is 12.9. The Morgan fingerprint density at radius 1 is 1.22 bits per heavy atom. The monoisotopic (exact) mass is 414 g/mol. The number of nitrogens with zero attached hydrogens (tertiary/aromatic N) is 3. The standard InChI is InChI=1S/C19H31ClN4O2S/c1-13(2)23-8-17(25)24(7-14-3-5-15(20)6-4-14)19(18(23)26)10-22(11-19)16-9-27-12-21-16/h13-16,21H,3-12H2,1-2H3. The highest BCUT2D eigenvalue weighted by Gasteiger charge is 2.61. The Kier molecular flexibility index (Phi) is 5.67. The fourth-order valence-corrected chi connectivity index (χ4v) is 6.18. The highest BCUT2D eigenvalue weighted by molar-refractivity contribution is 7.99. The van der Waals surface area contributed by atoms with Gasteiger partial charge in [0.05, 0.1) is 6.17 Å². The summed E-state index contributed by atoms with van der Waals surface area (Å²) in [6, 6.07) is 0.0568. The number of carbonyl (C=O) groups is 2. The van der Waals surface area contributed by atoms with Crippen molar-refractivity contribution in [2.75, 3.05) is 37.8 Å². The van der Waals surface area contributed by atoms with Crippen LogP contribution in [0.4, 0.5) is 0 Å².